The molecule has 0 saturated heterocycles. The first-order valence-corrected chi connectivity index (χ1v) is 8.92. The van der Waals surface area contributed by atoms with Gasteiger partial charge in [0.05, 0.1) is 48.8 Å². The van der Waals surface area contributed by atoms with Crippen molar-refractivity contribution in [3.05, 3.63) is 66.1 Å². The third-order valence-corrected chi connectivity index (χ3v) is 4.72. The van der Waals surface area contributed by atoms with Crippen molar-refractivity contribution in [3.63, 3.8) is 0 Å². The molecule has 0 atom stereocenters. The number of rotatable bonds is 4. The van der Waals surface area contributed by atoms with Crippen LogP contribution in [0.25, 0.3) is 16.7 Å². The molecule has 29 heavy (non-hydrogen) atoms. The summed E-state index contributed by atoms with van der Waals surface area (Å²) in [4.78, 5) is 30.9. The topological polar surface area (TPSA) is 82.9 Å². The lowest BCUT2D eigenvalue weighted by Crippen LogP contribution is -2.39. The minimum Gasteiger partial charge on any atom is -0.466 e. The van der Waals surface area contributed by atoms with E-state index in [2.05, 4.69) is 4.98 Å². The Labute approximate surface area is 166 Å². The molecule has 2 heterocycles. The first-order valence-electron chi connectivity index (χ1n) is 8.92. The van der Waals surface area contributed by atoms with E-state index in [1.165, 1.54) is 14.2 Å². The molecule has 0 N–H and O–H groups in total. The molecule has 0 saturated carbocycles. The minimum atomic E-state index is -0.640. The maximum Gasteiger partial charge on any atom is 0.355 e. The molecule has 1 aliphatic rings. The van der Waals surface area contributed by atoms with Crippen molar-refractivity contribution in [3.8, 4) is 5.69 Å². The first-order chi connectivity index (χ1) is 14.2. The van der Waals surface area contributed by atoms with E-state index < -0.39 is 11.9 Å². The standard InChI is InChI=1S/C21H19N3O5/c1-27-20(25)14-11-29-13-24(19(14)21(26)28-2)18-10-6-5-9-17(18)23-12-22-15-7-3-4-8-16(15)23/h3-10,12H,11,13H2,1-2H3. The van der Waals surface area contributed by atoms with Crippen LogP contribution in [0.5, 0.6) is 0 Å². The summed E-state index contributed by atoms with van der Waals surface area (Å²) in [7, 11) is 2.53. The highest BCUT2D eigenvalue weighted by Crippen LogP contribution is 2.33. The number of para-hydroxylation sites is 4. The number of esters is 2. The highest BCUT2D eigenvalue weighted by Gasteiger charge is 2.33. The van der Waals surface area contributed by atoms with Gasteiger partial charge < -0.3 is 19.1 Å². The molecule has 0 fully saturated rings. The molecule has 0 aliphatic carbocycles. The van der Waals surface area contributed by atoms with E-state index in [0.717, 1.165) is 16.7 Å². The number of methoxy groups -OCH3 is 2. The molecule has 148 valence electrons. The van der Waals surface area contributed by atoms with E-state index in [9.17, 15) is 9.59 Å². The van der Waals surface area contributed by atoms with Gasteiger partial charge in [-0.15, -0.1) is 0 Å². The zero-order chi connectivity index (χ0) is 20.4. The molecule has 2 aromatic carbocycles. The monoisotopic (exact) mass is 393 g/mol. The Kier molecular flexibility index (Phi) is 5.01. The number of hydrogen-bond acceptors (Lipinski definition) is 7. The maximum absolute atomic E-state index is 12.6. The van der Waals surface area contributed by atoms with Gasteiger partial charge in [0.2, 0.25) is 0 Å². The molecule has 0 spiro atoms. The van der Waals surface area contributed by atoms with Crippen LogP contribution in [-0.4, -0.2) is 49.0 Å². The Balaban J connectivity index is 1.91. The van der Waals surface area contributed by atoms with Crippen LogP contribution in [-0.2, 0) is 23.8 Å². The number of aromatic nitrogens is 2. The number of hydrogen-bond donors (Lipinski definition) is 0. The Hall–Kier alpha value is -3.65. The lowest BCUT2D eigenvalue weighted by Gasteiger charge is -2.32. The summed E-state index contributed by atoms with van der Waals surface area (Å²) in [6.45, 7) is 0.0400. The van der Waals surface area contributed by atoms with E-state index >= 15 is 0 Å². The van der Waals surface area contributed by atoms with Gasteiger partial charge in [0.15, 0.2) is 0 Å². The molecule has 0 amide bonds. The van der Waals surface area contributed by atoms with E-state index in [-0.39, 0.29) is 24.6 Å². The third kappa shape index (κ3) is 3.23. The normalized spacial score (nSPS) is 14.2. The van der Waals surface area contributed by atoms with Crippen molar-refractivity contribution in [2.24, 2.45) is 0 Å². The Morgan fingerprint density at radius 2 is 1.66 bits per heavy atom. The zero-order valence-electron chi connectivity index (χ0n) is 16.0. The van der Waals surface area contributed by atoms with Gasteiger partial charge in [-0.05, 0) is 24.3 Å². The fraction of sp³-hybridized carbons (Fsp3) is 0.190. The molecule has 0 radical (unpaired) electrons. The van der Waals surface area contributed by atoms with E-state index in [0.29, 0.717) is 5.69 Å². The second-order valence-corrected chi connectivity index (χ2v) is 6.31. The summed E-state index contributed by atoms with van der Waals surface area (Å²) in [6.07, 6.45) is 1.72. The number of fused-ring (bicyclic) bond motifs is 1. The molecule has 0 bridgehead atoms. The van der Waals surface area contributed by atoms with Gasteiger partial charge >= 0.3 is 11.9 Å². The van der Waals surface area contributed by atoms with Crippen molar-refractivity contribution in [1.82, 2.24) is 9.55 Å². The molecular formula is C21H19N3O5. The lowest BCUT2D eigenvalue weighted by molar-refractivity contribution is -0.140. The highest BCUT2D eigenvalue weighted by atomic mass is 16.5. The molecular weight excluding hydrogens is 374 g/mol. The number of imidazole rings is 1. The van der Waals surface area contributed by atoms with Gasteiger partial charge in [-0.3, -0.25) is 4.57 Å². The third-order valence-electron chi connectivity index (χ3n) is 4.72. The van der Waals surface area contributed by atoms with Crippen molar-refractivity contribution in [1.29, 1.82) is 0 Å². The summed E-state index contributed by atoms with van der Waals surface area (Å²) < 4.78 is 17.3. The molecule has 8 nitrogen and oxygen atoms in total. The van der Waals surface area contributed by atoms with Crippen molar-refractivity contribution < 1.29 is 23.8 Å². The first kappa shape index (κ1) is 18.7. The van der Waals surface area contributed by atoms with Gasteiger partial charge in [-0.1, -0.05) is 24.3 Å². The van der Waals surface area contributed by atoms with E-state index in [1.54, 1.807) is 11.2 Å². The number of anilines is 1. The van der Waals surface area contributed by atoms with Gasteiger partial charge in [0.1, 0.15) is 18.8 Å². The Morgan fingerprint density at radius 1 is 0.966 bits per heavy atom. The van der Waals surface area contributed by atoms with Crippen LogP contribution in [0.15, 0.2) is 66.1 Å². The van der Waals surface area contributed by atoms with Crippen LogP contribution in [0, 0.1) is 0 Å². The van der Waals surface area contributed by atoms with E-state index in [4.69, 9.17) is 14.2 Å². The fourth-order valence-corrected chi connectivity index (χ4v) is 3.38. The predicted molar refractivity (Wildman–Crippen MR) is 105 cm³/mol. The maximum atomic E-state index is 12.6. The zero-order valence-corrected chi connectivity index (χ0v) is 16.0. The summed E-state index contributed by atoms with van der Waals surface area (Å²) in [5.74, 6) is -1.28. The van der Waals surface area contributed by atoms with Gasteiger partial charge in [-0.25, -0.2) is 14.6 Å². The largest absolute Gasteiger partial charge is 0.466 e. The Bertz CT molecular complexity index is 1120. The second kappa shape index (κ2) is 7.76. The van der Waals surface area contributed by atoms with Crippen molar-refractivity contribution >= 4 is 28.7 Å². The van der Waals surface area contributed by atoms with Crippen LogP contribution in [0.2, 0.25) is 0 Å². The number of carbonyl (C=O) groups excluding carboxylic acids is 2. The predicted octanol–water partition coefficient (Wildman–Crippen LogP) is 2.42. The summed E-state index contributed by atoms with van der Waals surface area (Å²) >= 11 is 0. The summed E-state index contributed by atoms with van der Waals surface area (Å²) in [5.41, 5.74) is 3.40. The SMILES string of the molecule is COC(=O)C1=C(C(=O)OC)N(c2ccccc2-n2cnc3ccccc32)COC1. The minimum absolute atomic E-state index is 0.0379. The average Bonchev–Trinajstić information content (AvgIpc) is 3.21. The smallest absolute Gasteiger partial charge is 0.355 e. The van der Waals surface area contributed by atoms with Crippen LogP contribution in [0.4, 0.5) is 5.69 Å². The highest BCUT2D eigenvalue weighted by molar-refractivity contribution is 6.03. The number of nitrogens with zero attached hydrogens (tertiary/aromatic N) is 3. The van der Waals surface area contributed by atoms with E-state index in [1.807, 2.05) is 53.1 Å². The Morgan fingerprint density at radius 3 is 2.41 bits per heavy atom. The van der Waals surface area contributed by atoms with Crippen LogP contribution >= 0.6 is 0 Å². The molecule has 1 aliphatic heterocycles. The van der Waals surface area contributed by atoms with Gasteiger partial charge in [0, 0.05) is 0 Å². The lowest BCUT2D eigenvalue weighted by atomic mass is 10.1. The molecule has 4 rings (SSSR count). The average molecular weight is 393 g/mol. The quantitative estimate of drug-likeness (QED) is 0.630. The van der Waals surface area contributed by atoms with Crippen LogP contribution in [0.1, 0.15) is 0 Å². The van der Waals surface area contributed by atoms with Crippen molar-refractivity contribution in [2.45, 2.75) is 0 Å². The molecule has 0 unspecified atom stereocenters. The molecule has 1 aromatic heterocycles. The summed E-state index contributed by atoms with van der Waals surface area (Å²) in [5, 5.41) is 0. The van der Waals surface area contributed by atoms with Crippen LogP contribution < -0.4 is 4.90 Å². The van der Waals surface area contributed by atoms with Gasteiger partial charge in [-0.2, -0.15) is 0 Å². The van der Waals surface area contributed by atoms with Crippen molar-refractivity contribution in [2.75, 3.05) is 32.5 Å². The number of ether oxygens (including phenoxy) is 3. The molecule has 3 aromatic rings. The van der Waals surface area contributed by atoms with Gasteiger partial charge in [0.25, 0.3) is 0 Å². The van der Waals surface area contributed by atoms with Crippen LogP contribution in [0.3, 0.4) is 0 Å². The number of carbonyl (C=O) groups is 2. The number of benzene rings is 2. The summed E-state index contributed by atoms with van der Waals surface area (Å²) in [6, 6.07) is 15.2. The second-order valence-electron chi connectivity index (χ2n) is 6.31. The fourth-order valence-electron chi connectivity index (χ4n) is 3.38. The molecule has 8 heteroatoms.